The minimum Gasteiger partial charge on any atom is -0.507 e. The van der Waals surface area contributed by atoms with Crippen molar-refractivity contribution in [3.05, 3.63) is 53.6 Å². The number of hydrogen-bond acceptors (Lipinski definition) is 2. The first-order valence-electron chi connectivity index (χ1n) is 5.21. The van der Waals surface area contributed by atoms with Crippen LogP contribution in [0.1, 0.15) is 11.1 Å². The molecule has 0 aliphatic heterocycles. The van der Waals surface area contributed by atoms with Gasteiger partial charge >= 0.3 is 0 Å². The molecule has 2 heteroatoms. The zero-order valence-corrected chi connectivity index (χ0v) is 9.14. The summed E-state index contributed by atoms with van der Waals surface area (Å²) in [5.74, 6) is 0.277. The third kappa shape index (κ3) is 1.92. The Labute approximate surface area is 94.8 Å². The van der Waals surface area contributed by atoms with E-state index >= 15 is 0 Å². The fraction of sp³-hybridized carbons (Fsp3) is 0.143. The van der Waals surface area contributed by atoms with Gasteiger partial charge in [0.05, 0.1) is 6.61 Å². The predicted octanol–water partition coefficient (Wildman–Crippen LogP) is 2.86. The van der Waals surface area contributed by atoms with Gasteiger partial charge in [-0.05, 0) is 29.7 Å². The minimum atomic E-state index is 0.0485. The second-order valence-corrected chi connectivity index (χ2v) is 3.82. The van der Waals surface area contributed by atoms with E-state index in [-0.39, 0.29) is 12.4 Å². The molecule has 2 rings (SSSR count). The van der Waals surface area contributed by atoms with E-state index in [1.54, 1.807) is 12.1 Å². The number of para-hydroxylation sites is 1. The molecule has 0 radical (unpaired) electrons. The van der Waals surface area contributed by atoms with E-state index in [9.17, 15) is 5.11 Å². The first kappa shape index (κ1) is 10.7. The number of phenols is 1. The highest BCUT2D eigenvalue weighted by atomic mass is 16.3. The predicted molar refractivity (Wildman–Crippen MR) is 64.2 cm³/mol. The van der Waals surface area contributed by atoms with Crippen molar-refractivity contribution in [1.29, 1.82) is 0 Å². The van der Waals surface area contributed by atoms with E-state index in [4.69, 9.17) is 5.11 Å². The van der Waals surface area contributed by atoms with Crippen molar-refractivity contribution in [3.63, 3.8) is 0 Å². The summed E-state index contributed by atoms with van der Waals surface area (Å²) in [6.07, 6.45) is 0. The highest BCUT2D eigenvalue weighted by Gasteiger charge is 2.04. The van der Waals surface area contributed by atoms with Gasteiger partial charge in [-0.25, -0.2) is 0 Å². The molecule has 16 heavy (non-hydrogen) atoms. The standard InChI is InChI=1S/C14H14O2/c1-10-8-11(6-7-12(10)9-15)13-4-2-3-5-14(13)16/h2-8,15-16H,9H2,1H3. The average Bonchev–Trinajstić information content (AvgIpc) is 2.29. The van der Waals surface area contributed by atoms with Crippen LogP contribution in [0.25, 0.3) is 11.1 Å². The van der Waals surface area contributed by atoms with Gasteiger partial charge in [-0.2, -0.15) is 0 Å². The smallest absolute Gasteiger partial charge is 0.123 e. The molecule has 2 nitrogen and oxygen atoms in total. The summed E-state index contributed by atoms with van der Waals surface area (Å²) in [4.78, 5) is 0. The van der Waals surface area contributed by atoms with Crippen LogP contribution in [-0.2, 0) is 6.61 Å². The summed E-state index contributed by atoms with van der Waals surface area (Å²) in [7, 11) is 0. The van der Waals surface area contributed by atoms with Crippen molar-refractivity contribution in [2.24, 2.45) is 0 Å². The highest BCUT2D eigenvalue weighted by molar-refractivity contribution is 5.70. The molecular weight excluding hydrogens is 200 g/mol. The van der Waals surface area contributed by atoms with Crippen LogP contribution in [0.2, 0.25) is 0 Å². The Morgan fingerprint density at radius 1 is 1.06 bits per heavy atom. The topological polar surface area (TPSA) is 40.5 Å². The van der Waals surface area contributed by atoms with E-state index < -0.39 is 0 Å². The van der Waals surface area contributed by atoms with Gasteiger partial charge < -0.3 is 10.2 Å². The van der Waals surface area contributed by atoms with Crippen molar-refractivity contribution >= 4 is 0 Å². The van der Waals surface area contributed by atoms with Crippen molar-refractivity contribution in [1.82, 2.24) is 0 Å². The Morgan fingerprint density at radius 2 is 1.81 bits per heavy atom. The van der Waals surface area contributed by atoms with Gasteiger partial charge in [0.15, 0.2) is 0 Å². The van der Waals surface area contributed by atoms with Crippen LogP contribution in [0.3, 0.4) is 0 Å². The Morgan fingerprint density at radius 3 is 2.44 bits per heavy atom. The van der Waals surface area contributed by atoms with E-state index in [0.717, 1.165) is 22.3 Å². The maximum Gasteiger partial charge on any atom is 0.123 e. The Bertz CT molecular complexity index is 504. The Kier molecular flexibility index (Phi) is 2.93. The van der Waals surface area contributed by atoms with Gasteiger partial charge in [0.25, 0.3) is 0 Å². The number of aryl methyl sites for hydroxylation is 1. The first-order chi connectivity index (χ1) is 7.72. The van der Waals surface area contributed by atoms with Crippen LogP contribution in [0.4, 0.5) is 0 Å². The molecule has 0 amide bonds. The normalized spacial score (nSPS) is 10.4. The number of hydrogen-bond donors (Lipinski definition) is 2. The fourth-order valence-electron chi connectivity index (χ4n) is 1.76. The van der Waals surface area contributed by atoms with Crippen molar-refractivity contribution in [2.75, 3.05) is 0 Å². The summed E-state index contributed by atoms with van der Waals surface area (Å²) < 4.78 is 0. The summed E-state index contributed by atoms with van der Waals surface area (Å²) in [5.41, 5.74) is 3.73. The van der Waals surface area contributed by atoms with Gasteiger partial charge in [-0.3, -0.25) is 0 Å². The molecule has 0 atom stereocenters. The van der Waals surface area contributed by atoms with Gasteiger partial charge in [-0.15, -0.1) is 0 Å². The molecular formula is C14H14O2. The SMILES string of the molecule is Cc1cc(-c2ccccc2O)ccc1CO. The summed E-state index contributed by atoms with van der Waals surface area (Å²) in [6.45, 7) is 2.00. The molecule has 0 saturated heterocycles. The molecule has 0 fully saturated rings. The zero-order valence-electron chi connectivity index (χ0n) is 9.14. The zero-order chi connectivity index (χ0) is 11.5. The number of benzene rings is 2. The number of aliphatic hydroxyl groups is 1. The van der Waals surface area contributed by atoms with Crippen LogP contribution in [0.5, 0.6) is 5.75 Å². The van der Waals surface area contributed by atoms with Crippen molar-refractivity contribution in [3.8, 4) is 16.9 Å². The molecule has 0 bridgehead atoms. The Hall–Kier alpha value is -1.80. The lowest BCUT2D eigenvalue weighted by Crippen LogP contribution is -1.89. The molecule has 0 spiro atoms. The van der Waals surface area contributed by atoms with E-state index in [1.807, 2.05) is 37.3 Å². The van der Waals surface area contributed by atoms with Gasteiger partial charge in [0.2, 0.25) is 0 Å². The molecule has 0 heterocycles. The molecule has 0 unspecified atom stereocenters. The highest BCUT2D eigenvalue weighted by Crippen LogP contribution is 2.29. The van der Waals surface area contributed by atoms with Gasteiger partial charge in [0.1, 0.15) is 5.75 Å². The maximum atomic E-state index is 9.73. The monoisotopic (exact) mass is 214 g/mol. The number of aliphatic hydroxyl groups excluding tert-OH is 1. The average molecular weight is 214 g/mol. The van der Waals surface area contributed by atoms with Crippen LogP contribution in [0, 0.1) is 6.92 Å². The van der Waals surface area contributed by atoms with E-state index in [2.05, 4.69) is 0 Å². The van der Waals surface area contributed by atoms with Gasteiger partial charge in [-0.1, -0.05) is 36.4 Å². The lowest BCUT2D eigenvalue weighted by molar-refractivity contribution is 0.281. The minimum absolute atomic E-state index is 0.0485. The summed E-state index contributed by atoms with van der Waals surface area (Å²) in [5, 5.41) is 18.8. The molecule has 0 aliphatic carbocycles. The number of rotatable bonds is 2. The van der Waals surface area contributed by atoms with E-state index in [1.165, 1.54) is 0 Å². The summed E-state index contributed by atoms with van der Waals surface area (Å²) in [6, 6.07) is 13.0. The quantitative estimate of drug-likeness (QED) is 0.807. The summed E-state index contributed by atoms with van der Waals surface area (Å²) >= 11 is 0. The third-order valence-corrected chi connectivity index (χ3v) is 2.73. The fourth-order valence-corrected chi connectivity index (χ4v) is 1.76. The lowest BCUT2D eigenvalue weighted by Gasteiger charge is -2.08. The second-order valence-electron chi connectivity index (χ2n) is 3.82. The van der Waals surface area contributed by atoms with Crippen LogP contribution >= 0.6 is 0 Å². The maximum absolute atomic E-state index is 9.73. The first-order valence-corrected chi connectivity index (χ1v) is 5.21. The largest absolute Gasteiger partial charge is 0.507 e. The third-order valence-electron chi connectivity index (χ3n) is 2.73. The van der Waals surface area contributed by atoms with Crippen LogP contribution in [-0.4, -0.2) is 10.2 Å². The van der Waals surface area contributed by atoms with E-state index in [0.29, 0.717) is 0 Å². The molecule has 2 aromatic rings. The van der Waals surface area contributed by atoms with Crippen LogP contribution < -0.4 is 0 Å². The molecule has 0 aliphatic rings. The Balaban J connectivity index is 2.50. The molecule has 0 saturated carbocycles. The molecule has 82 valence electrons. The van der Waals surface area contributed by atoms with Crippen LogP contribution in [0.15, 0.2) is 42.5 Å². The molecule has 2 N–H and O–H groups in total. The lowest BCUT2D eigenvalue weighted by atomic mass is 9.99. The van der Waals surface area contributed by atoms with Crippen molar-refractivity contribution in [2.45, 2.75) is 13.5 Å². The second kappa shape index (κ2) is 4.37. The number of aromatic hydroxyl groups is 1. The van der Waals surface area contributed by atoms with Crippen molar-refractivity contribution < 1.29 is 10.2 Å². The molecule has 0 aromatic heterocycles. The molecule has 2 aromatic carbocycles. The van der Waals surface area contributed by atoms with Gasteiger partial charge in [0, 0.05) is 5.56 Å². The number of phenolic OH excluding ortho intramolecular Hbond substituents is 1.